The number of aromatic nitrogens is 1. The lowest BCUT2D eigenvalue weighted by molar-refractivity contribution is -0.154. The van der Waals surface area contributed by atoms with Gasteiger partial charge in [0, 0.05) is 6.42 Å². The van der Waals surface area contributed by atoms with Gasteiger partial charge in [0.15, 0.2) is 0 Å². The summed E-state index contributed by atoms with van der Waals surface area (Å²) in [6, 6.07) is 13.3. The first-order valence-corrected chi connectivity index (χ1v) is 11.4. The molecule has 170 valence electrons. The molecule has 0 bridgehead atoms. The van der Waals surface area contributed by atoms with Crippen molar-refractivity contribution in [2.45, 2.75) is 52.7 Å². The summed E-state index contributed by atoms with van der Waals surface area (Å²) >= 11 is 1.29. The molecule has 8 heteroatoms. The van der Waals surface area contributed by atoms with Gasteiger partial charge in [-0.3, -0.25) is 10.2 Å². The Balaban J connectivity index is 1.62. The molecule has 0 amide bonds. The number of esters is 2. The molecule has 3 aromatic rings. The van der Waals surface area contributed by atoms with Crippen molar-refractivity contribution in [2.75, 3.05) is 12.0 Å². The molecule has 2 N–H and O–H groups in total. The van der Waals surface area contributed by atoms with E-state index >= 15 is 0 Å². The van der Waals surface area contributed by atoms with Gasteiger partial charge in [-0.05, 0) is 63.4 Å². The summed E-state index contributed by atoms with van der Waals surface area (Å²) in [6.45, 7) is 8.23. The Kier molecular flexibility index (Phi) is 7.35. The van der Waals surface area contributed by atoms with Crippen LogP contribution in [-0.4, -0.2) is 28.8 Å². The van der Waals surface area contributed by atoms with E-state index < -0.39 is 5.60 Å². The van der Waals surface area contributed by atoms with Gasteiger partial charge >= 0.3 is 11.9 Å². The second-order valence-electron chi connectivity index (χ2n) is 8.38. The van der Waals surface area contributed by atoms with Crippen LogP contribution < -0.4 is 10.2 Å². The van der Waals surface area contributed by atoms with Crippen LogP contribution in [0.3, 0.4) is 0 Å². The minimum atomic E-state index is -0.465. The van der Waals surface area contributed by atoms with E-state index in [2.05, 4.69) is 5.43 Å². The lowest BCUT2D eigenvalue weighted by Crippen LogP contribution is -2.24. The molecule has 32 heavy (non-hydrogen) atoms. The smallest absolute Gasteiger partial charge is 0.338 e. The average Bonchev–Trinajstić information content (AvgIpc) is 3.04. The number of fused-ring (bicyclic) bond motifs is 1. The fourth-order valence-electron chi connectivity index (χ4n) is 3.17. The van der Waals surface area contributed by atoms with Crippen molar-refractivity contribution in [1.29, 1.82) is 5.41 Å². The fourth-order valence-corrected chi connectivity index (χ4v) is 4.08. The van der Waals surface area contributed by atoms with Crippen LogP contribution in [-0.2, 0) is 27.2 Å². The summed E-state index contributed by atoms with van der Waals surface area (Å²) in [5.41, 5.74) is 6.25. The number of thiazole rings is 1. The minimum absolute atomic E-state index is 0.196. The number of nitrogens with zero attached hydrogens (tertiary/aromatic N) is 1. The number of ether oxygens (including phenoxy) is 2. The van der Waals surface area contributed by atoms with Gasteiger partial charge in [0.1, 0.15) is 5.60 Å². The Morgan fingerprint density at radius 1 is 1.09 bits per heavy atom. The van der Waals surface area contributed by atoms with E-state index in [9.17, 15) is 9.59 Å². The van der Waals surface area contributed by atoms with Gasteiger partial charge in [-0.25, -0.2) is 9.47 Å². The lowest BCUT2D eigenvalue weighted by Gasteiger charge is -2.19. The van der Waals surface area contributed by atoms with Crippen LogP contribution in [0, 0.1) is 5.41 Å². The Hall–Kier alpha value is -3.13. The topological polar surface area (TPSA) is 93.4 Å². The average molecular weight is 456 g/mol. The number of nitrogens with one attached hydrogen (secondary N) is 2. The largest absolute Gasteiger partial charge is 0.462 e. The van der Waals surface area contributed by atoms with E-state index in [-0.39, 0.29) is 11.9 Å². The molecule has 1 aromatic heterocycles. The van der Waals surface area contributed by atoms with Crippen molar-refractivity contribution in [2.24, 2.45) is 0 Å². The molecule has 0 fully saturated rings. The zero-order valence-electron chi connectivity index (χ0n) is 18.9. The van der Waals surface area contributed by atoms with Gasteiger partial charge in [0.25, 0.3) is 0 Å². The number of aryl methyl sites for hydroxylation is 1. The van der Waals surface area contributed by atoms with E-state index in [1.165, 1.54) is 11.3 Å². The SMILES string of the molecule is CCOC(=O)c1ccc2c(c1)sc(=N)n2NCc1ccc(CCC(=O)OC(C)(C)C)cc1. The van der Waals surface area contributed by atoms with Crippen molar-refractivity contribution in [3.63, 3.8) is 0 Å². The second-order valence-corrected chi connectivity index (χ2v) is 9.41. The predicted octanol–water partition coefficient (Wildman–Crippen LogP) is 4.38. The van der Waals surface area contributed by atoms with Crippen molar-refractivity contribution < 1.29 is 19.1 Å². The molecule has 0 atom stereocenters. The quantitative estimate of drug-likeness (QED) is 0.492. The monoisotopic (exact) mass is 455 g/mol. The highest BCUT2D eigenvalue weighted by molar-refractivity contribution is 7.16. The maximum Gasteiger partial charge on any atom is 0.338 e. The van der Waals surface area contributed by atoms with Gasteiger partial charge in [-0.15, -0.1) is 0 Å². The molecule has 0 saturated heterocycles. The number of benzene rings is 2. The van der Waals surface area contributed by atoms with E-state index in [0.29, 0.717) is 36.4 Å². The van der Waals surface area contributed by atoms with Gasteiger partial charge in [-0.1, -0.05) is 35.6 Å². The van der Waals surface area contributed by atoms with Gasteiger partial charge in [0.2, 0.25) is 4.80 Å². The summed E-state index contributed by atoms with van der Waals surface area (Å²) in [5, 5.41) is 8.27. The van der Waals surface area contributed by atoms with E-state index in [4.69, 9.17) is 14.9 Å². The molecular weight excluding hydrogens is 426 g/mol. The molecule has 0 spiro atoms. The van der Waals surface area contributed by atoms with E-state index in [1.54, 1.807) is 23.7 Å². The molecule has 0 aliphatic heterocycles. The first-order valence-electron chi connectivity index (χ1n) is 10.6. The Morgan fingerprint density at radius 2 is 1.78 bits per heavy atom. The van der Waals surface area contributed by atoms with Crippen LogP contribution in [0.2, 0.25) is 0 Å². The molecule has 3 rings (SSSR count). The molecule has 0 aliphatic carbocycles. The molecule has 0 radical (unpaired) electrons. The molecule has 2 aromatic carbocycles. The van der Waals surface area contributed by atoms with Crippen LogP contribution in [0.5, 0.6) is 0 Å². The summed E-state index contributed by atoms with van der Waals surface area (Å²) in [4.78, 5) is 24.2. The van der Waals surface area contributed by atoms with Crippen molar-refractivity contribution in [3.8, 4) is 0 Å². The zero-order valence-corrected chi connectivity index (χ0v) is 19.7. The van der Waals surface area contributed by atoms with Crippen molar-refractivity contribution in [3.05, 3.63) is 64.0 Å². The molecule has 0 aliphatic rings. The molecule has 7 nitrogen and oxygen atoms in total. The van der Waals surface area contributed by atoms with Crippen LogP contribution in [0.25, 0.3) is 10.2 Å². The summed E-state index contributed by atoms with van der Waals surface area (Å²) in [5.74, 6) is -0.557. The highest BCUT2D eigenvalue weighted by atomic mass is 32.1. The fraction of sp³-hybridized carbons (Fsp3) is 0.375. The number of hydrogen-bond acceptors (Lipinski definition) is 7. The van der Waals surface area contributed by atoms with Crippen LogP contribution in [0.15, 0.2) is 42.5 Å². The second kappa shape index (κ2) is 9.99. The Labute approximate surface area is 191 Å². The molecule has 1 heterocycles. The van der Waals surface area contributed by atoms with E-state index in [0.717, 1.165) is 21.3 Å². The number of rotatable bonds is 8. The minimum Gasteiger partial charge on any atom is -0.462 e. The summed E-state index contributed by atoms with van der Waals surface area (Å²) < 4.78 is 13.0. The molecule has 0 saturated carbocycles. The maximum atomic E-state index is 12.0. The maximum absolute atomic E-state index is 12.0. The Morgan fingerprint density at radius 3 is 2.44 bits per heavy atom. The van der Waals surface area contributed by atoms with Crippen LogP contribution in [0.1, 0.15) is 55.6 Å². The standard InChI is InChI=1S/C24H29N3O4S/c1-5-30-22(29)18-11-12-19-20(14-18)32-23(25)27(19)26-15-17-8-6-16(7-9-17)10-13-21(28)31-24(2,3)4/h6-9,11-12,14,25-26H,5,10,13,15H2,1-4H3. The third-order valence-electron chi connectivity index (χ3n) is 4.62. The normalized spacial score (nSPS) is 11.4. The van der Waals surface area contributed by atoms with Gasteiger partial charge in [0.05, 0.1) is 28.9 Å². The third kappa shape index (κ3) is 6.20. The van der Waals surface area contributed by atoms with Crippen LogP contribution >= 0.6 is 11.3 Å². The number of carbonyl (C=O) groups is 2. The lowest BCUT2D eigenvalue weighted by atomic mass is 10.1. The first-order chi connectivity index (χ1) is 15.2. The number of carbonyl (C=O) groups excluding carboxylic acids is 2. The summed E-state index contributed by atoms with van der Waals surface area (Å²) in [7, 11) is 0. The van der Waals surface area contributed by atoms with Crippen LogP contribution in [0.4, 0.5) is 0 Å². The van der Waals surface area contributed by atoms with Crippen molar-refractivity contribution >= 4 is 33.5 Å². The summed E-state index contributed by atoms with van der Waals surface area (Å²) in [6.07, 6.45) is 0.980. The molecule has 0 unspecified atom stereocenters. The zero-order chi connectivity index (χ0) is 23.3. The predicted molar refractivity (Wildman–Crippen MR) is 125 cm³/mol. The highest BCUT2D eigenvalue weighted by Crippen LogP contribution is 2.19. The molecular formula is C24H29N3O4S. The Bertz CT molecular complexity index is 1160. The van der Waals surface area contributed by atoms with E-state index in [1.807, 2.05) is 51.1 Å². The third-order valence-corrected chi connectivity index (χ3v) is 5.55. The first kappa shape index (κ1) is 23.5. The highest BCUT2D eigenvalue weighted by Gasteiger charge is 2.16. The van der Waals surface area contributed by atoms with Gasteiger partial charge in [-0.2, -0.15) is 0 Å². The number of hydrogen-bond donors (Lipinski definition) is 2. The van der Waals surface area contributed by atoms with Crippen molar-refractivity contribution in [1.82, 2.24) is 4.68 Å². The van der Waals surface area contributed by atoms with Gasteiger partial charge < -0.3 is 14.9 Å².